The van der Waals surface area contributed by atoms with Gasteiger partial charge in [-0.3, -0.25) is 0 Å². The van der Waals surface area contributed by atoms with Gasteiger partial charge < -0.3 is 9.64 Å². The fourth-order valence-corrected chi connectivity index (χ4v) is 1.32. The van der Waals surface area contributed by atoms with Gasteiger partial charge >= 0.3 is 6.09 Å². The summed E-state index contributed by atoms with van der Waals surface area (Å²) < 4.78 is 6.10. The molecule has 0 bridgehead atoms. The van der Waals surface area contributed by atoms with Gasteiger partial charge in [-0.05, 0) is 47.2 Å². The minimum Gasteiger partial charge on any atom is -0.409 e. The highest BCUT2D eigenvalue weighted by atomic mass is 127. The van der Waals surface area contributed by atoms with Crippen LogP contribution < -0.4 is 4.74 Å². The zero-order valence-corrected chi connectivity index (χ0v) is 10.5. The first-order valence-corrected chi connectivity index (χ1v) is 5.24. The summed E-state index contributed by atoms with van der Waals surface area (Å²) in [6.07, 6.45) is -0.353. The van der Waals surface area contributed by atoms with E-state index < -0.39 is 0 Å². The van der Waals surface area contributed by atoms with Crippen LogP contribution in [0.25, 0.3) is 0 Å². The maximum Gasteiger partial charge on any atom is 0.414 e. The molecule has 0 radical (unpaired) electrons. The van der Waals surface area contributed by atoms with Crippen LogP contribution in [0.3, 0.4) is 0 Å². The van der Waals surface area contributed by atoms with Crippen molar-refractivity contribution in [2.24, 2.45) is 0 Å². The van der Waals surface area contributed by atoms with Gasteiger partial charge in [0.05, 0.1) is 3.57 Å². The number of rotatable bonds is 1. The van der Waals surface area contributed by atoms with Crippen molar-refractivity contribution in [2.75, 3.05) is 14.1 Å². The average Bonchev–Trinajstić information content (AvgIpc) is 2.11. The molecule has 3 nitrogen and oxygen atoms in total. The van der Waals surface area contributed by atoms with E-state index in [4.69, 9.17) is 4.74 Å². The number of hydrogen-bond donors (Lipinski definition) is 0. The van der Waals surface area contributed by atoms with E-state index in [1.165, 1.54) is 4.90 Å². The summed E-state index contributed by atoms with van der Waals surface area (Å²) >= 11 is 2.14. The number of ether oxygens (including phenoxy) is 1. The maximum absolute atomic E-state index is 11.3. The Labute approximate surface area is 97.2 Å². The van der Waals surface area contributed by atoms with E-state index in [-0.39, 0.29) is 6.09 Å². The Morgan fingerprint density at radius 1 is 1.43 bits per heavy atom. The Morgan fingerprint density at radius 2 is 2.07 bits per heavy atom. The van der Waals surface area contributed by atoms with E-state index in [0.29, 0.717) is 5.75 Å². The van der Waals surface area contributed by atoms with Crippen LogP contribution in [0.2, 0.25) is 0 Å². The molecule has 0 saturated heterocycles. The topological polar surface area (TPSA) is 29.5 Å². The van der Waals surface area contributed by atoms with Crippen molar-refractivity contribution < 1.29 is 9.53 Å². The molecule has 0 fully saturated rings. The highest BCUT2D eigenvalue weighted by Crippen LogP contribution is 2.22. The van der Waals surface area contributed by atoms with E-state index in [1.807, 2.05) is 25.1 Å². The molecule has 14 heavy (non-hydrogen) atoms. The SMILES string of the molecule is Cc1ccc(I)c(OC(=O)N(C)C)c1. The number of carbonyl (C=O) groups excluding carboxylic acids is 1. The van der Waals surface area contributed by atoms with Gasteiger partial charge in [-0.25, -0.2) is 4.79 Å². The Balaban J connectivity index is 2.86. The molecule has 0 heterocycles. The van der Waals surface area contributed by atoms with Gasteiger partial charge in [-0.15, -0.1) is 0 Å². The van der Waals surface area contributed by atoms with E-state index in [0.717, 1.165) is 9.13 Å². The molecule has 0 atom stereocenters. The van der Waals surface area contributed by atoms with Crippen molar-refractivity contribution in [3.63, 3.8) is 0 Å². The lowest BCUT2D eigenvalue weighted by molar-refractivity contribution is 0.171. The number of nitrogens with zero attached hydrogens (tertiary/aromatic N) is 1. The Morgan fingerprint density at radius 3 is 2.64 bits per heavy atom. The fourth-order valence-electron chi connectivity index (χ4n) is 0.874. The number of hydrogen-bond acceptors (Lipinski definition) is 2. The highest BCUT2D eigenvalue weighted by molar-refractivity contribution is 14.1. The smallest absolute Gasteiger partial charge is 0.409 e. The van der Waals surface area contributed by atoms with Crippen molar-refractivity contribution >= 4 is 28.7 Å². The second kappa shape index (κ2) is 4.63. The number of benzene rings is 1. The molecule has 0 aliphatic carbocycles. The van der Waals surface area contributed by atoms with Gasteiger partial charge in [-0.2, -0.15) is 0 Å². The zero-order chi connectivity index (χ0) is 10.7. The van der Waals surface area contributed by atoms with Crippen molar-refractivity contribution in [2.45, 2.75) is 6.92 Å². The number of amides is 1. The summed E-state index contributed by atoms with van der Waals surface area (Å²) in [6.45, 7) is 1.96. The Bertz CT molecular complexity index is 350. The van der Waals surface area contributed by atoms with E-state index in [2.05, 4.69) is 22.6 Å². The Kier molecular flexibility index (Phi) is 3.74. The maximum atomic E-state index is 11.3. The van der Waals surface area contributed by atoms with Crippen LogP contribution in [0, 0.1) is 10.5 Å². The van der Waals surface area contributed by atoms with Gasteiger partial charge in [0.1, 0.15) is 5.75 Å². The third-order valence-corrected chi connectivity index (χ3v) is 2.54. The third-order valence-electron chi connectivity index (χ3n) is 1.65. The molecule has 0 spiro atoms. The predicted octanol–water partition coefficient (Wildman–Crippen LogP) is 2.66. The molecule has 4 heteroatoms. The second-order valence-corrected chi connectivity index (χ2v) is 4.36. The summed E-state index contributed by atoms with van der Waals surface area (Å²) in [5.74, 6) is 0.615. The lowest BCUT2D eigenvalue weighted by Crippen LogP contribution is -2.25. The normalized spacial score (nSPS) is 9.71. The van der Waals surface area contributed by atoms with Gasteiger partial charge in [0.2, 0.25) is 0 Å². The predicted molar refractivity (Wildman–Crippen MR) is 63.6 cm³/mol. The van der Waals surface area contributed by atoms with Crippen LogP contribution in [-0.2, 0) is 0 Å². The fraction of sp³-hybridized carbons (Fsp3) is 0.300. The molecule has 0 N–H and O–H groups in total. The first-order chi connectivity index (χ1) is 6.50. The van der Waals surface area contributed by atoms with Crippen LogP contribution in [0.15, 0.2) is 18.2 Å². The summed E-state index contributed by atoms with van der Waals surface area (Å²) in [4.78, 5) is 12.7. The summed E-state index contributed by atoms with van der Waals surface area (Å²) in [6, 6.07) is 5.76. The molecule has 0 aliphatic heterocycles. The summed E-state index contributed by atoms with van der Waals surface area (Å²) in [5, 5.41) is 0. The molecular weight excluding hydrogens is 293 g/mol. The molecule has 0 aromatic heterocycles. The van der Waals surface area contributed by atoms with Gasteiger partial charge in [0.25, 0.3) is 0 Å². The molecule has 0 aliphatic rings. The van der Waals surface area contributed by atoms with Gasteiger partial charge in [-0.1, -0.05) is 6.07 Å². The third kappa shape index (κ3) is 2.87. The molecule has 1 amide bonds. The molecular formula is C10H12INO2. The zero-order valence-electron chi connectivity index (χ0n) is 8.37. The molecule has 0 unspecified atom stereocenters. The summed E-state index contributed by atoms with van der Waals surface area (Å²) in [7, 11) is 3.32. The molecule has 0 saturated carbocycles. The first-order valence-electron chi connectivity index (χ1n) is 4.16. The standard InChI is InChI=1S/C10H12INO2/c1-7-4-5-8(11)9(6-7)14-10(13)12(2)3/h4-6H,1-3H3. The Hall–Kier alpha value is -0.780. The first kappa shape index (κ1) is 11.3. The minimum atomic E-state index is -0.353. The van der Waals surface area contributed by atoms with Crippen LogP contribution >= 0.6 is 22.6 Å². The van der Waals surface area contributed by atoms with Crippen LogP contribution in [0.1, 0.15) is 5.56 Å². The van der Waals surface area contributed by atoms with Crippen molar-refractivity contribution in [1.82, 2.24) is 4.90 Å². The van der Waals surface area contributed by atoms with E-state index in [9.17, 15) is 4.79 Å². The van der Waals surface area contributed by atoms with Crippen LogP contribution in [0.4, 0.5) is 4.79 Å². The van der Waals surface area contributed by atoms with Crippen LogP contribution in [0.5, 0.6) is 5.75 Å². The average molecular weight is 305 g/mol. The summed E-state index contributed by atoms with van der Waals surface area (Å²) in [5.41, 5.74) is 1.08. The van der Waals surface area contributed by atoms with Gasteiger partial charge in [0.15, 0.2) is 0 Å². The molecule has 1 rings (SSSR count). The molecule has 1 aromatic carbocycles. The number of carbonyl (C=O) groups is 1. The van der Waals surface area contributed by atoms with E-state index >= 15 is 0 Å². The minimum absolute atomic E-state index is 0.353. The monoisotopic (exact) mass is 305 g/mol. The second-order valence-electron chi connectivity index (χ2n) is 3.20. The highest BCUT2D eigenvalue weighted by Gasteiger charge is 2.09. The molecule has 76 valence electrons. The number of halogens is 1. The van der Waals surface area contributed by atoms with Crippen molar-refractivity contribution in [1.29, 1.82) is 0 Å². The largest absolute Gasteiger partial charge is 0.414 e. The van der Waals surface area contributed by atoms with Crippen molar-refractivity contribution in [3.05, 3.63) is 27.3 Å². The quantitative estimate of drug-likeness (QED) is 0.747. The van der Waals surface area contributed by atoms with Gasteiger partial charge in [0, 0.05) is 14.1 Å². The lowest BCUT2D eigenvalue weighted by atomic mass is 10.2. The van der Waals surface area contributed by atoms with E-state index in [1.54, 1.807) is 14.1 Å². The van der Waals surface area contributed by atoms with Crippen molar-refractivity contribution in [3.8, 4) is 5.75 Å². The lowest BCUT2D eigenvalue weighted by Gasteiger charge is -2.12. The van der Waals surface area contributed by atoms with Crippen LogP contribution in [-0.4, -0.2) is 25.1 Å². The number of aryl methyl sites for hydroxylation is 1. The molecule has 1 aromatic rings.